The number of aromatic nitrogens is 1. The number of pyridine rings is 1. The van der Waals surface area contributed by atoms with Crippen molar-refractivity contribution in [1.29, 1.82) is 0 Å². The van der Waals surface area contributed by atoms with Crippen LogP contribution in [-0.2, 0) is 10.4 Å². The van der Waals surface area contributed by atoms with E-state index in [9.17, 15) is 14.7 Å². The van der Waals surface area contributed by atoms with Crippen LogP contribution in [0.3, 0.4) is 0 Å². The standard InChI is InChI=1S/C17H15BrN2O3/c1-2-20-14-4-3-12(18)9-13(14)17(23,16(20)22)10-15(21)11-5-7-19-8-6-11/h3-9,23H,2,10H2,1H3. The van der Waals surface area contributed by atoms with Gasteiger partial charge < -0.3 is 10.0 Å². The van der Waals surface area contributed by atoms with Crippen LogP contribution in [0.4, 0.5) is 5.69 Å². The first-order valence-corrected chi connectivity index (χ1v) is 8.04. The van der Waals surface area contributed by atoms with Crippen LogP contribution in [0, 0.1) is 0 Å². The van der Waals surface area contributed by atoms with Crippen molar-refractivity contribution in [2.24, 2.45) is 0 Å². The minimum atomic E-state index is -1.84. The summed E-state index contributed by atoms with van der Waals surface area (Å²) in [6, 6.07) is 8.43. The number of aliphatic hydroxyl groups is 1. The highest BCUT2D eigenvalue weighted by Gasteiger charge is 2.50. The molecule has 0 saturated heterocycles. The second-order valence-electron chi connectivity index (χ2n) is 5.41. The zero-order chi connectivity index (χ0) is 16.6. The molecular formula is C17H15BrN2O3. The molecule has 0 radical (unpaired) electrons. The summed E-state index contributed by atoms with van der Waals surface area (Å²) in [5.41, 5.74) is -0.310. The van der Waals surface area contributed by atoms with Gasteiger partial charge in [0.05, 0.1) is 12.1 Å². The Hall–Kier alpha value is -2.05. The molecule has 1 atom stereocenters. The molecule has 2 aromatic rings. The van der Waals surface area contributed by atoms with Gasteiger partial charge in [-0.1, -0.05) is 15.9 Å². The number of anilines is 1. The van der Waals surface area contributed by atoms with E-state index in [1.54, 1.807) is 24.3 Å². The van der Waals surface area contributed by atoms with E-state index in [1.807, 2.05) is 13.0 Å². The number of fused-ring (bicyclic) bond motifs is 1. The highest BCUT2D eigenvalue weighted by atomic mass is 79.9. The third-order valence-electron chi connectivity index (χ3n) is 4.03. The molecule has 0 fully saturated rings. The highest BCUT2D eigenvalue weighted by molar-refractivity contribution is 9.10. The second-order valence-corrected chi connectivity index (χ2v) is 6.32. The number of likely N-dealkylation sites (N-methyl/N-ethyl adjacent to an activating group) is 1. The number of nitrogens with zero attached hydrogens (tertiary/aromatic N) is 2. The van der Waals surface area contributed by atoms with Crippen molar-refractivity contribution in [1.82, 2.24) is 4.98 Å². The van der Waals surface area contributed by atoms with Crippen molar-refractivity contribution in [2.45, 2.75) is 18.9 Å². The Morgan fingerprint density at radius 1 is 1.30 bits per heavy atom. The molecular weight excluding hydrogens is 360 g/mol. The number of carbonyl (C=O) groups is 2. The van der Waals surface area contributed by atoms with Crippen molar-refractivity contribution in [2.75, 3.05) is 11.4 Å². The third kappa shape index (κ3) is 2.58. The maximum Gasteiger partial charge on any atom is 0.264 e. The van der Waals surface area contributed by atoms with Crippen LogP contribution in [0.2, 0.25) is 0 Å². The van der Waals surface area contributed by atoms with E-state index in [0.29, 0.717) is 23.4 Å². The lowest BCUT2D eigenvalue weighted by Gasteiger charge is -2.22. The summed E-state index contributed by atoms with van der Waals surface area (Å²) in [5, 5.41) is 11.0. The van der Waals surface area contributed by atoms with Crippen molar-refractivity contribution in [3.05, 3.63) is 58.3 Å². The number of rotatable bonds is 4. The van der Waals surface area contributed by atoms with Gasteiger partial charge in [0.1, 0.15) is 0 Å². The van der Waals surface area contributed by atoms with Crippen molar-refractivity contribution in [3.63, 3.8) is 0 Å². The first kappa shape index (κ1) is 15.8. The molecule has 0 spiro atoms. The third-order valence-corrected chi connectivity index (χ3v) is 4.52. The molecule has 1 N–H and O–H groups in total. The molecule has 1 aromatic carbocycles. The van der Waals surface area contributed by atoms with Crippen LogP contribution in [0.15, 0.2) is 47.2 Å². The van der Waals surface area contributed by atoms with Crippen LogP contribution < -0.4 is 4.90 Å². The average molecular weight is 375 g/mol. The highest BCUT2D eigenvalue weighted by Crippen LogP contribution is 2.43. The van der Waals surface area contributed by atoms with Gasteiger partial charge in [0, 0.05) is 34.5 Å². The Labute approximate surface area is 142 Å². The maximum absolute atomic E-state index is 12.7. The summed E-state index contributed by atoms with van der Waals surface area (Å²) in [5.74, 6) is -0.761. The molecule has 1 aliphatic heterocycles. The van der Waals surface area contributed by atoms with E-state index < -0.39 is 11.5 Å². The van der Waals surface area contributed by atoms with Gasteiger partial charge in [0.2, 0.25) is 0 Å². The normalized spacial score (nSPS) is 19.8. The van der Waals surface area contributed by atoms with Crippen LogP contribution in [0.1, 0.15) is 29.3 Å². The molecule has 5 nitrogen and oxygen atoms in total. The SMILES string of the molecule is CCN1C(=O)C(O)(CC(=O)c2ccncc2)c2cc(Br)ccc21. The molecule has 2 heterocycles. The molecule has 118 valence electrons. The predicted molar refractivity (Wildman–Crippen MR) is 89.3 cm³/mol. The monoisotopic (exact) mass is 374 g/mol. The molecule has 0 bridgehead atoms. The predicted octanol–water partition coefficient (Wildman–Crippen LogP) is 2.67. The van der Waals surface area contributed by atoms with E-state index in [0.717, 1.165) is 4.47 Å². The number of hydrogen-bond donors (Lipinski definition) is 1. The Bertz CT molecular complexity index is 779. The lowest BCUT2D eigenvalue weighted by molar-refractivity contribution is -0.135. The molecule has 1 unspecified atom stereocenters. The van der Waals surface area contributed by atoms with Gasteiger partial charge in [0.15, 0.2) is 11.4 Å². The number of ketones is 1. The quantitative estimate of drug-likeness (QED) is 0.835. The summed E-state index contributed by atoms with van der Waals surface area (Å²) in [4.78, 5) is 30.5. The van der Waals surface area contributed by atoms with Crippen LogP contribution in [0.5, 0.6) is 0 Å². The lowest BCUT2D eigenvalue weighted by atomic mass is 9.88. The molecule has 0 aliphatic carbocycles. The first-order chi connectivity index (χ1) is 11.0. The Morgan fingerprint density at radius 2 is 2.00 bits per heavy atom. The topological polar surface area (TPSA) is 70.5 Å². The van der Waals surface area contributed by atoms with Crippen molar-refractivity contribution < 1.29 is 14.7 Å². The minimum Gasteiger partial charge on any atom is -0.375 e. The van der Waals surface area contributed by atoms with E-state index in [4.69, 9.17) is 0 Å². The van der Waals surface area contributed by atoms with Crippen molar-refractivity contribution >= 4 is 33.3 Å². The number of benzene rings is 1. The summed E-state index contributed by atoms with van der Waals surface area (Å²) < 4.78 is 0.747. The fourth-order valence-corrected chi connectivity index (χ4v) is 3.24. The van der Waals surface area contributed by atoms with Gasteiger partial charge >= 0.3 is 0 Å². The fourth-order valence-electron chi connectivity index (χ4n) is 2.88. The van der Waals surface area contributed by atoms with Gasteiger partial charge in [-0.3, -0.25) is 14.6 Å². The van der Waals surface area contributed by atoms with E-state index in [-0.39, 0.29) is 12.2 Å². The van der Waals surface area contributed by atoms with Gasteiger partial charge in [-0.15, -0.1) is 0 Å². The van der Waals surface area contributed by atoms with Gasteiger partial charge in [-0.25, -0.2) is 0 Å². The number of hydrogen-bond acceptors (Lipinski definition) is 4. The Morgan fingerprint density at radius 3 is 2.65 bits per heavy atom. The number of amides is 1. The number of halogens is 1. The smallest absolute Gasteiger partial charge is 0.264 e. The number of carbonyl (C=O) groups excluding carboxylic acids is 2. The summed E-state index contributed by atoms with van der Waals surface area (Å²) in [6.07, 6.45) is 2.73. The first-order valence-electron chi connectivity index (χ1n) is 7.25. The summed E-state index contributed by atoms with van der Waals surface area (Å²) >= 11 is 3.36. The zero-order valence-electron chi connectivity index (χ0n) is 12.5. The molecule has 3 rings (SSSR count). The van der Waals surface area contributed by atoms with Crippen LogP contribution in [-0.4, -0.2) is 28.3 Å². The summed E-state index contributed by atoms with van der Waals surface area (Å²) in [6.45, 7) is 2.26. The Kier molecular flexibility index (Phi) is 4.04. The average Bonchev–Trinajstić information content (AvgIpc) is 2.76. The second kappa shape index (κ2) is 5.86. The number of Topliss-reactive ketones (excluding diaryl/α,β-unsaturated/α-hetero) is 1. The molecule has 1 amide bonds. The van der Waals surface area contributed by atoms with Gasteiger partial charge in [-0.2, -0.15) is 0 Å². The van der Waals surface area contributed by atoms with E-state index in [2.05, 4.69) is 20.9 Å². The molecule has 0 saturated carbocycles. The van der Waals surface area contributed by atoms with Crippen molar-refractivity contribution in [3.8, 4) is 0 Å². The largest absolute Gasteiger partial charge is 0.375 e. The molecule has 23 heavy (non-hydrogen) atoms. The van der Waals surface area contributed by atoms with Gasteiger partial charge in [-0.05, 0) is 37.3 Å². The zero-order valence-corrected chi connectivity index (χ0v) is 14.1. The summed E-state index contributed by atoms with van der Waals surface area (Å²) in [7, 11) is 0. The Balaban J connectivity index is 2.02. The van der Waals surface area contributed by atoms with E-state index in [1.165, 1.54) is 17.3 Å². The molecule has 1 aromatic heterocycles. The lowest BCUT2D eigenvalue weighted by Crippen LogP contribution is -2.41. The van der Waals surface area contributed by atoms with Crippen LogP contribution in [0.25, 0.3) is 0 Å². The fraction of sp³-hybridized carbons (Fsp3) is 0.235. The maximum atomic E-state index is 12.7. The molecule has 1 aliphatic rings. The van der Waals surface area contributed by atoms with Gasteiger partial charge in [0.25, 0.3) is 5.91 Å². The molecule has 6 heteroatoms. The van der Waals surface area contributed by atoms with E-state index >= 15 is 0 Å². The minimum absolute atomic E-state index is 0.296. The van der Waals surface area contributed by atoms with Crippen LogP contribution >= 0.6 is 15.9 Å².